The van der Waals surface area contributed by atoms with Gasteiger partial charge in [0.1, 0.15) is 0 Å². The van der Waals surface area contributed by atoms with Crippen molar-refractivity contribution in [2.45, 2.75) is 6.54 Å². The molecular weight excluding hydrogens is 356 g/mol. The zero-order valence-corrected chi connectivity index (χ0v) is 15.6. The minimum atomic E-state index is 0.601. The lowest BCUT2D eigenvalue weighted by Crippen LogP contribution is -2.46. The van der Waals surface area contributed by atoms with Gasteiger partial charge in [0.15, 0.2) is 0 Å². The first-order valence-corrected chi connectivity index (χ1v) is 9.44. The largest absolute Gasteiger partial charge is 0.481 e. The SMILES string of the molecule is COc1ccnc(N2CCN(Cc3sc4ccccc4c3Cl)CC2)n1. The number of methoxy groups -OCH3 is 1. The van der Waals surface area contributed by atoms with Crippen molar-refractivity contribution >= 4 is 39.0 Å². The van der Waals surface area contributed by atoms with Crippen molar-refractivity contribution in [2.75, 3.05) is 38.2 Å². The molecule has 0 radical (unpaired) electrons. The Morgan fingerprint density at radius 3 is 2.72 bits per heavy atom. The highest BCUT2D eigenvalue weighted by Crippen LogP contribution is 2.36. The van der Waals surface area contributed by atoms with Gasteiger partial charge in [-0.3, -0.25) is 4.90 Å². The molecule has 0 amide bonds. The summed E-state index contributed by atoms with van der Waals surface area (Å²) in [6, 6.07) is 10.1. The zero-order valence-electron chi connectivity index (χ0n) is 14.0. The van der Waals surface area contributed by atoms with Crippen LogP contribution < -0.4 is 9.64 Å². The van der Waals surface area contributed by atoms with Gasteiger partial charge in [-0.2, -0.15) is 4.98 Å². The van der Waals surface area contributed by atoms with Crippen LogP contribution in [-0.4, -0.2) is 48.2 Å². The van der Waals surface area contributed by atoms with E-state index in [0.717, 1.165) is 49.1 Å². The van der Waals surface area contributed by atoms with Crippen LogP contribution in [0.5, 0.6) is 5.88 Å². The highest BCUT2D eigenvalue weighted by atomic mass is 35.5. The van der Waals surface area contributed by atoms with E-state index in [4.69, 9.17) is 16.3 Å². The Balaban J connectivity index is 1.42. The second kappa shape index (κ2) is 7.15. The van der Waals surface area contributed by atoms with Gasteiger partial charge >= 0.3 is 0 Å². The second-order valence-corrected chi connectivity index (χ2v) is 7.51. The van der Waals surface area contributed by atoms with Crippen molar-refractivity contribution in [1.29, 1.82) is 0 Å². The molecule has 3 heterocycles. The minimum Gasteiger partial charge on any atom is -0.481 e. The molecule has 25 heavy (non-hydrogen) atoms. The average Bonchev–Trinajstić information content (AvgIpc) is 2.98. The molecule has 1 aliphatic rings. The number of nitrogens with zero attached hydrogens (tertiary/aromatic N) is 4. The third-order valence-electron chi connectivity index (χ3n) is 4.45. The number of fused-ring (bicyclic) bond motifs is 1. The Morgan fingerprint density at radius 1 is 1.16 bits per heavy atom. The average molecular weight is 375 g/mol. The van der Waals surface area contributed by atoms with Crippen LogP contribution in [0.4, 0.5) is 5.95 Å². The third kappa shape index (κ3) is 3.42. The summed E-state index contributed by atoms with van der Waals surface area (Å²) < 4.78 is 6.44. The lowest BCUT2D eigenvalue weighted by atomic mass is 10.2. The number of rotatable bonds is 4. The number of hydrogen-bond donors (Lipinski definition) is 0. The number of anilines is 1. The molecule has 0 N–H and O–H groups in total. The number of benzene rings is 1. The van der Waals surface area contributed by atoms with E-state index in [1.165, 1.54) is 9.58 Å². The fourth-order valence-electron chi connectivity index (χ4n) is 3.07. The molecule has 0 atom stereocenters. The lowest BCUT2D eigenvalue weighted by molar-refractivity contribution is 0.250. The molecule has 0 saturated carbocycles. The molecule has 0 bridgehead atoms. The summed E-state index contributed by atoms with van der Waals surface area (Å²) in [5.74, 6) is 1.34. The van der Waals surface area contributed by atoms with Crippen LogP contribution in [0.25, 0.3) is 10.1 Å². The van der Waals surface area contributed by atoms with Crippen LogP contribution in [0.15, 0.2) is 36.5 Å². The van der Waals surface area contributed by atoms with Gasteiger partial charge in [0.25, 0.3) is 0 Å². The summed E-state index contributed by atoms with van der Waals surface area (Å²) in [5.41, 5.74) is 0. The molecule has 2 aromatic heterocycles. The molecule has 1 aliphatic heterocycles. The molecule has 0 aliphatic carbocycles. The Morgan fingerprint density at radius 2 is 1.96 bits per heavy atom. The quantitative estimate of drug-likeness (QED) is 0.696. The predicted octanol–water partition coefficient (Wildman–Crippen LogP) is 3.68. The van der Waals surface area contributed by atoms with E-state index in [0.29, 0.717) is 5.88 Å². The number of aromatic nitrogens is 2. The van der Waals surface area contributed by atoms with Crippen molar-refractivity contribution < 1.29 is 4.74 Å². The summed E-state index contributed by atoms with van der Waals surface area (Å²) in [6.45, 7) is 4.62. The summed E-state index contributed by atoms with van der Waals surface area (Å²) >= 11 is 8.36. The van der Waals surface area contributed by atoms with Gasteiger partial charge in [0.2, 0.25) is 11.8 Å². The van der Waals surface area contributed by atoms with Gasteiger partial charge in [-0.05, 0) is 6.07 Å². The van der Waals surface area contributed by atoms with Crippen LogP contribution in [0.1, 0.15) is 4.88 Å². The standard InChI is InChI=1S/C18H19ClN4OS/c1-24-16-6-7-20-18(21-16)23-10-8-22(9-11-23)12-15-17(19)13-4-2-3-5-14(13)25-15/h2-7H,8-12H2,1H3. The van der Waals surface area contributed by atoms with Crippen molar-refractivity contribution in [3.63, 3.8) is 0 Å². The topological polar surface area (TPSA) is 41.5 Å². The van der Waals surface area contributed by atoms with Gasteiger partial charge < -0.3 is 9.64 Å². The minimum absolute atomic E-state index is 0.601. The van der Waals surface area contributed by atoms with Crippen LogP contribution in [0.3, 0.4) is 0 Å². The molecule has 0 unspecified atom stereocenters. The van der Waals surface area contributed by atoms with E-state index in [1.807, 2.05) is 6.07 Å². The molecule has 0 spiro atoms. The van der Waals surface area contributed by atoms with Crippen molar-refractivity contribution in [3.05, 3.63) is 46.4 Å². The Kier molecular flexibility index (Phi) is 4.74. The van der Waals surface area contributed by atoms with Crippen LogP contribution in [0, 0.1) is 0 Å². The summed E-state index contributed by atoms with van der Waals surface area (Å²) in [4.78, 5) is 14.7. The lowest BCUT2D eigenvalue weighted by Gasteiger charge is -2.34. The molecule has 4 rings (SSSR count). The van der Waals surface area contributed by atoms with Crippen LogP contribution in [-0.2, 0) is 6.54 Å². The van der Waals surface area contributed by atoms with Gasteiger partial charge in [-0.1, -0.05) is 29.8 Å². The van der Waals surface area contributed by atoms with Crippen molar-refractivity contribution in [2.24, 2.45) is 0 Å². The number of hydrogen-bond acceptors (Lipinski definition) is 6. The van der Waals surface area contributed by atoms with Gasteiger partial charge in [0, 0.05) is 60.0 Å². The normalized spacial score (nSPS) is 15.7. The number of piperazine rings is 1. The summed E-state index contributed by atoms with van der Waals surface area (Å²) in [5, 5.41) is 2.06. The van der Waals surface area contributed by atoms with E-state index in [-0.39, 0.29) is 0 Å². The Labute approximate surface area is 155 Å². The fourth-order valence-corrected chi connectivity index (χ4v) is 4.61. The second-order valence-electron chi connectivity index (χ2n) is 6.00. The molecule has 7 heteroatoms. The van der Waals surface area contributed by atoms with E-state index >= 15 is 0 Å². The maximum atomic E-state index is 6.57. The maximum absolute atomic E-state index is 6.57. The van der Waals surface area contributed by atoms with Crippen molar-refractivity contribution in [1.82, 2.24) is 14.9 Å². The van der Waals surface area contributed by atoms with E-state index < -0.39 is 0 Å². The molecule has 1 aromatic carbocycles. The first-order valence-electron chi connectivity index (χ1n) is 8.25. The van der Waals surface area contributed by atoms with Gasteiger partial charge in [0.05, 0.1) is 12.1 Å². The first kappa shape index (κ1) is 16.6. The maximum Gasteiger partial charge on any atom is 0.228 e. The van der Waals surface area contributed by atoms with E-state index in [2.05, 4.69) is 38.0 Å². The molecule has 1 saturated heterocycles. The van der Waals surface area contributed by atoms with Gasteiger partial charge in [-0.15, -0.1) is 11.3 Å². The number of halogens is 1. The molecule has 3 aromatic rings. The molecule has 1 fully saturated rings. The first-order chi connectivity index (χ1) is 12.2. The smallest absolute Gasteiger partial charge is 0.228 e. The molecule has 5 nitrogen and oxygen atoms in total. The summed E-state index contributed by atoms with van der Waals surface area (Å²) in [6.07, 6.45) is 1.74. The predicted molar refractivity (Wildman–Crippen MR) is 103 cm³/mol. The zero-order chi connectivity index (χ0) is 17.2. The fraction of sp³-hybridized carbons (Fsp3) is 0.333. The molecule has 130 valence electrons. The number of ether oxygens (including phenoxy) is 1. The Hall–Kier alpha value is -1.89. The summed E-state index contributed by atoms with van der Waals surface area (Å²) in [7, 11) is 1.62. The van der Waals surface area contributed by atoms with E-state index in [9.17, 15) is 0 Å². The molecular formula is C18H19ClN4OS. The Bertz CT molecular complexity index is 876. The van der Waals surface area contributed by atoms with Crippen LogP contribution >= 0.6 is 22.9 Å². The van der Waals surface area contributed by atoms with E-state index in [1.54, 1.807) is 30.7 Å². The number of thiophene rings is 1. The van der Waals surface area contributed by atoms with Crippen LogP contribution in [0.2, 0.25) is 5.02 Å². The highest BCUT2D eigenvalue weighted by Gasteiger charge is 2.21. The highest BCUT2D eigenvalue weighted by molar-refractivity contribution is 7.19. The van der Waals surface area contributed by atoms with Crippen molar-refractivity contribution in [3.8, 4) is 5.88 Å². The monoisotopic (exact) mass is 374 g/mol. The van der Waals surface area contributed by atoms with Gasteiger partial charge in [-0.25, -0.2) is 4.98 Å². The third-order valence-corrected chi connectivity index (χ3v) is 6.15.